The number of hydrogen-bond acceptors (Lipinski definition) is 3. The Labute approximate surface area is 112 Å². The number of nitrogen functional groups attached to an aromatic ring is 1. The van der Waals surface area contributed by atoms with Gasteiger partial charge in [0.1, 0.15) is 0 Å². The largest absolute Gasteiger partial charge is 0.399 e. The average Bonchev–Trinajstić information content (AvgIpc) is 2.38. The summed E-state index contributed by atoms with van der Waals surface area (Å²) in [5.41, 5.74) is 9.22. The van der Waals surface area contributed by atoms with E-state index in [4.69, 9.17) is 5.73 Å². The first-order valence-corrected chi connectivity index (χ1v) is 6.16. The van der Waals surface area contributed by atoms with E-state index in [0.29, 0.717) is 18.7 Å². The number of carbonyl (C=O) groups is 1. The number of anilines is 1. The van der Waals surface area contributed by atoms with E-state index in [1.54, 1.807) is 12.3 Å². The molecule has 0 aliphatic carbocycles. The van der Waals surface area contributed by atoms with Crippen LogP contribution in [0.2, 0.25) is 0 Å². The molecule has 98 valence electrons. The Morgan fingerprint density at radius 2 is 2.11 bits per heavy atom. The molecule has 0 saturated heterocycles. The molecule has 3 N–H and O–H groups in total. The van der Waals surface area contributed by atoms with Crippen molar-refractivity contribution in [2.75, 3.05) is 5.73 Å². The number of pyridine rings is 1. The molecule has 0 aliphatic heterocycles. The van der Waals surface area contributed by atoms with E-state index in [2.05, 4.69) is 10.3 Å². The van der Waals surface area contributed by atoms with Gasteiger partial charge in [-0.2, -0.15) is 0 Å². The van der Waals surface area contributed by atoms with Gasteiger partial charge in [0.2, 0.25) is 5.91 Å². The highest BCUT2D eigenvalue weighted by Gasteiger charge is 2.03. The molecule has 1 amide bonds. The van der Waals surface area contributed by atoms with Crippen molar-refractivity contribution in [2.24, 2.45) is 0 Å². The second-order valence-corrected chi connectivity index (χ2v) is 4.51. The van der Waals surface area contributed by atoms with Gasteiger partial charge >= 0.3 is 0 Å². The maximum atomic E-state index is 11.8. The number of nitrogens with zero attached hydrogens (tertiary/aromatic N) is 1. The lowest BCUT2D eigenvalue weighted by Gasteiger charge is -2.06. The van der Waals surface area contributed by atoms with Crippen molar-refractivity contribution >= 4 is 11.6 Å². The summed E-state index contributed by atoms with van der Waals surface area (Å²) in [5, 5.41) is 2.87. The Morgan fingerprint density at radius 3 is 2.79 bits per heavy atom. The van der Waals surface area contributed by atoms with Crippen LogP contribution in [-0.4, -0.2) is 10.9 Å². The second-order valence-electron chi connectivity index (χ2n) is 4.51. The third-order valence-electron chi connectivity index (χ3n) is 2.78. The first-order valence-electron chi connectivity index (χ1n) is 6.16. The van der Waals surface area contributed by atoms with Gasteiger partial charge in [0.25, 0.3) is 0 Å². The highest BCUT2D eigenvalue weighted by Crippen LogP contribution is 2.07. The summed E-state index contributed by atoms with van der Waals surface area (Å²) in [7, 11) is 0. The van der Waals surface area contributed by atoms with Crippen molar-refractivity contribution in [1.82, 2.24) is 10.3 Å². The van der Waals surface area contributed by atoms with Crippen LogP contribution in [0.5, 0.6) is 0 Å². The summed E-state index contributed by atoms with van der Waals surface area (Å²) in [5.74, 6) is -0.0221. The van der Waals surface area contributed by atoms with Gasteiger partial charge < -0.3 is 11.1 Å². The molecule has 19 heavy (non-hydrogen) atoms. The Bertz CT molecular complexity index is 564. The van der Waals surface area contributed by atoms with Crippen molar-refractivity contribution in [3.8, 4) is 0 Å². The van der Waals surface area contributed by atoms with Crippen LogP contribution in [0, 0.1) is 6.92 Å². The fourth-order valence-corrected chi connectivity index (χ4v) is 1.75. The van der Waals surface area contributed by atoms with Crippen LogP contribution in [0.4, 0.5) is 5.69 Å². The molecule has 0 unspecified atom stereocenters. The zero-order chi connectivity index (χ0) is 13.7. The number of nitrogens with two attached hydrogens (primary N) is 1. The van der Waals surface area contributed by atoms with Crippen molar-refractivity contribution in [3.05, 3.63) is 59.4 Å². The lowest BCUT2D eigenvalue weighted by molar-refractivity contribution is -0.120. The van der Waals surface area contributed by atoms with E-state index >= 15 is 0 Å². The van der Waals surface area contributed by atoms with Crippen LogP contribution >= 0.6 is 0 Å². The maximum absolute atomic E-state index is 11.8. The number of hydrogen-bond donors (Lipinski definition) is 2. The predicted molar refractivity (Wildman–Crippen MR) is 75.4 cm³/mol. The van der Waals surface area contributed by atoms with E-state index in [-0.39, 0.29) is 5.91 Å². The van der Waals surface area contributed by atoms with Crippen molar-refractivity contribution in [1.29, 1.82) is 0 Å². The molecule has 1 aromatic carbocycles. The summed E-state index contributed by atoms with van der Waals surface area (Å²) < 4.78 is 0. The van der Waals surface area contributed by atoms with Crippen molar-refractivity contribution in [2.45, 2.75) is 19.9 Å². The molecule has 0 saturated carbocycles. The van der Waals surface area contributed by atoms with Crippen LogP contribution in [-0.2, 0) is 17.8 Å². The van der Waals surface area contributed by atoms with Crippen molar-refractivity contribution < 1.29 is 4.79 Å². The lowest BCUT2D eigenvalue weighted by atomic mass is 10.1. The highest BCUT2D eigenvalue weighted by atomic mass is 16.1. The van der Waals surface area contributed by atoms with Gasteiger partial charge in [-0.05, 0) is 36.2 Å². The molecular weight excluding hydrogens is 238 g/mol. The number of aromatic nitrogens is 1. The number of aryl methyl sites for hydroxylation is 1. The lowest BCUT2D eigenvalue weighted by Crippen LogP contribution is -2.24. The quantitative estimate of drug-likeness (QED) is 0.819. The van der Waals surface area contributed by atoms with E-state index in [1.165, 1.54) is 0 Å². The monoisotopic (exact) mass is 255 g/mol. The number of carbonyl (C=O) groups excluding carboxylic acids is 1. The summed E-state index contributed by atoms with van der Waals surface area (Å²) in [6, 6.07) is 11.3. The average molecular weight is 255 g/mol. The standard InChI is InChI=1S/C15H17N3O/c1-11-5-6-13(9-17-11)10-18-15(19)8-12-3-2-4-14(16)7-12/h2-7,9H,8,10,16H2,1H3,(H,18,19). The Hall–Kier alpha value is -2.36. The molecule has 0 atom stereocenters. The Morgan fingerprint density at radius 1 is 1.26 bits per heavy atom. The van der Waals surface area contributed by atoms with Gasteiger partial charge in [-0.1, -0.05) is 18.2 Å². The fourth-order valence-electron chi connectivity index (χ4n) is 1.75. The molecule has 2 rings (SSSR count). The summed E-state index contributed by atoms with van der Waals surface area (Å²) in [4.78, 5) is 16.0. The van der Waals surface area contributed by atoms with Gasteiger partial charge in [-0.25, -0.2) is 0 Å². The number of rotatable bonds is 4. The molecule has 0 spiro atoms. The van der Waals surface area contributed by atoms with E-state index in [9.17, 15) is 4.79 Å². The molecule has 4 heteroatoms. The van der Waals surface area contributed by atoms with E-state index in [1.807, 2.05) is 37.3 Å². The SMILES string of the molecule is Cc1ccc(CNC(=O)Cc2cccc(N)c2)cn1. The molecule has 0 bridgehead atoms. The van der Waals surface area contributed by atoms with Crippen LogP contribution in [0.25, 0.3) is 0 Å². The van der Waals surface area contributed by atoms with Crippen LogP contribution < -0.4 is 11.1 Å². The van der Waals surface area contributed by atoms with Gasteiger partial charge in [0, 0.05) is 24.1 Å². The van der Waals surface area contributed by atoms with E-state index in [0.717, 1.165) is 16.8 Å². The maximum Gasteiger partial charge on any atom is 0.224 e. The zero-order valence-electron chi connectivity index (χ0n) is 10.9. The molecule has 0 fully saturated rings. The molecule has 0 radical (unpaired) electrons. The predicted octanol–water partition coefficient (Wildman–Crippen LogP) is 1.83. The third-order valence-corrected chi connectivity index (χ3v) is 2.78. The topological polar surface area (TPSA) is 68.0 Å². The molecule has 1 heterocycles. The molecule has 0 aliphatic rings. The third kappa shape index (κ3) is 4.10. The Balaban J connectivity index is 1.86. The van der Waals surface area contributed by atoms with E-state index < -0.39 is 0 Å². The van der Waals surface area contributed by atoms with Gasteiger partial charge in [0.15, 0.2) is 0 Å². The van der Waals surface area contributed by atoms with Gasteiger partial charge in [-0.15, -0.1) is 0 Å². The molecule has 2 aromatic rings. The first kappa shape index (κ1) is 13.1. The number of amides is 1. The Kier molecular flexibility index (Phi) is 4.13. The van der Waals surface area contributed by atoms with Crippen LogP contribution in [0.15, 0.2) is 42.6 Å². The first-order chi connectivity index (χ1) is 9.13. The van der Waals surface area contributed by atoms with Crippen molar-refractivity contribution in [3.63, 3.8) is 0 Å². The zero-order valence-corrected chi connectivity index (χ0v) is 10.9. The smallest absolute Gasteiger partial charge is 0.224 e. The normalized spacial score (nSPS) is 10.2. The molecule has 1 aromatic heterocycles. The minimum Gasteiger partial charge on any atom is -0.399 e. The highest BCUT2D eigenvalue weighted by molar-refractivity contribution is 5.78. The summed E-state index contributed by atoms with van der Waals surface area (Å²) in [6.07, 6.45) is 2.11. The summed E-state index contributed by atoms with van der Waals surface area (Å²) >= 11 is 0. The van der Waals surface area contributed by atoms with Gasteiger partial charge in [0.05, 0.1) is 6.42 Å². The summed E-state index contributed by atoms with van der Waals surface area (Å²) in [6.45, 7) is 2.43. The van der Waals surface area contributed by atoms with Crippen LogP contribution in [0.3, 0.4) is 0 Å². The molecular formula is C15H17N3O. The fraction of sp³-hybridized carbons (Fsp3) is 0.200. The number of benzene rings is 1. The second kappa shape index (κ2) is 6.00. The minimum atomic E-state index is -0.0221. The van der Waals surface area contributed by atoms with Gasteiger partial charge in [-0.3, -0.25) is 9.78 Å². The van der Waals surface area contributed by atoms with Crippen LogP contribution in [0.1, 0.15) is 16.8 Å². The molecule has 4 nitrogen and oxygen atoms in total. The minimum absolute atomic E-state index is 0.0221. The number of nitrogens with one attached hydrogen (secondary N) is 1.